The maximum Gasteiger partial charge on any atom is 0.721 e. The summed E-state index contributed by atoms with van der Waals surface area (Å²) in [6.07, 6.45) is 1.27. The summed E-state index contributed by atoms with van der Waals surface area (Å²) in [6.45, 7) is 5.37. The van der Waals surface area contributed by atoms with Gasteiger partial charge in [0.2, 0.25) is 0 Å². The average Bonchev–Trinajstić information content (AvgIpc) is 1.85. The van der Waals surface area contributed by atoms with Crippen molar-refractivity contribution < 1.29 is 13.7 Å². The van der Waals surface area contributed by atoms with E-state index in [1.54, 1.807) is 6.92 Å². The maximum absolute atomic E-state index is 10.4. The molecule has 0 amide bonds. The monoisotopic (exact) mass is 150 g/mol. The Morgan fingerprint density at radius 1 is 1.89 bits per heavy atom. The van der Waals surface area contributed by atoms with E-state index >= 15 is 0 Å². The van der Waals surface area contributed by atoms with Gasteiger partial charge in [-0.25, -0.2) is 5.48 Å². The summed E-state index contributed by atoms with van der Waals surface area (Å²) in [7, 11) is -2.02. The lowest BCUT2D eigenvalue weighted by Gasteiger charge is -1.83. The van der Waals surface area contributed by atoms with Crippen molar-refractivity contribution in [3.8, 4) is 0 Å². The van der Waals surface area contributed by atoms with Gasteiger partial charge in [-0.05, 0) is 6.92 Å². The van der Waals surface area contributed by atoms with E-state index in [-0.39, 0.29) is 0 Å². The molecule has 0 fully saturated rings. The first-order valence-electron chi connectivity index (χ1n) is 2.44. The molecule has 0 aromatic carbocycles. The van der Waals surface area contributed by atoms with Crippen LogP contribution in [0.3, 0.4) is 0 Å². The Hall–Kier alpha value is -0.440. The van der Waals surface area contributed by atoms with Crippen molar-refractivity contribution in [1.29, 1.82) is 0 Å². The van der Waals surface area contributed by atoms with Gasteiger partial charge in [-0.3, -0.25) is 0 Å². The topological polar surface area (TPSA) is 47.6 Å². The standard InChI is InChI=1S/C4H9NO3P/c1-3-5-8-9(6)7-4-2/h3,5H,1,4H2,2H3/q+1. The molecule has 9 heavy (non-hydrogen) atoms. The molecule has 1 unspecified atom stereocenters. The minimum absolute atomic E-state index is 0.369. The van der Waals surface area contributed by atoms with E-state index < -0.39 is 8.25 Å². The summed E-state index contributed by atoms with van der Waals surface area (Å²) in [5.74, 6) is 0. The van der Waals surface area contributed by atoms with Crippen LogP contribution in [-0.4, -0.2) is 6.61 Å². The SMILES string of the molecule is C=CNO[P+](=O)OCC. The molecule has 0 aromatic heterocycles. The fraction of sp³-hybridized carbons (Fsp3) is 0.500. The molecule has 0 spiro atoms. The van der Waals surface area contributed by atoms with E-state index in [0.29, 0.717) is 6.61 Å². The van der Waals surface area contributed by atoms with Gasteiger partial charge in [-0.2, -0.15) is 0 Å². The highest BCUT2D eigenvalue weighted by Crippen LogP contribution is 2.20. The molecule has 1 atom stereocenters. The Kier molecular flexibility index (Phi) is 5.41. The number of nitrogens with one attached hydrogen (secondary N) is 1. The van der Waals surface area contributed by atoms with Crippen molar-refractivity contribution in [3.05, 3.63) is 12.8 Å². The summed E-state index contributed by atoms with van der Waals surface area (Å²) in [6, 6.07) is 0. The van der Waals surface area contributed by atoms with Crippen LogP contribution in [0, 0.1) is 0 Å². The molecule has 0 aliphatic carbocycles. The van der Waals surface area contributed by atoms with Gasteiger partial charge in [-0.15, -0.1) is 4.52 Å². The van der Waals surface area contributed by atoms with Crippen LogP contribution in [0.15, 0.2) is 12.8 Å². The van der Waals surface area contributed by atoms with Crippen LogP contribution >= 0.6 is 8.25 Å². The summed E-state index contributed by atoms with van der Waals surface area (Å²) in [5.41, 5.74) is 2.19. The molecule has 0 aliphatic rings. The van der Waals surface area contributed by atoms with Gasteiger partial charge < -0.3 is 0 Å². The highest BCUT2D eigenvalue weighted by atomic mass is 31.1. The second-order valence-corrected chi connectivity index (χ2v) is 1.94. The third-order valence-electron chi connectivity index (χ3n) is 0.445. The van der Waals surface area contributed by atoms with Crippen LogP contribution in [0.2, 0.25) is 0 Å². The average molecular weight is 150 g/mol. The molecule has 0 heterocycles. The molecular formula is C4H9NO3P+. The summed E-state index contributed by atoms with van der Waals surface area (Å²) >= 11 is 0. The van der Waals surface area contributed by atoms with Crippen molar-refractivity contribution >= 4 is 8.25 Å². The van der Waals surface area contributed by atoms with E-state index in [1.807, 2.05) is 0 Å². The number of hydrogen-bond acceptors (Lipinski definition) is 4. The molecule has 0 bridgehead atoms. The Bertz CT molecular complexity index is 106. The number of hydrogen-bond donors (Lipinski definition) is 1. The molecule has 52 valence electrons. The van der Waals surface area contributed by atoms with Gasteiger partial charge in [0, 0.05) is 15.4 Å². The van der Waals surface area contributed by atoms with Crippen LogP contribution in [0.4, 0.5) is 0 Å². The van der Waals surface area contributed by atoms with Crippen molar-refractivity contribution in [1.82, 2.24) is 5.48 Å². The summed E-state index contributed by atoms with van der Waals surface area (Å²) < 4.78 is 19.3. The highest BCUT2D eigenvalue weighted by Gasteiger charge is 2.17. The third-order valence-corrected chi connectivity index (χ3v) is 1.17. The minimum Gasteiger partial charge on any atom is -0.223 e. The van der Waals surface area contributed by atoms with Crippen molar-refractivity contribution in [2.24, 2.45) is 0 Å². The molecule has 0 aliphatic heterocycles. The van der Waals surface area contributed by atoms with Gasteiger partial charge in [0.25, 0.3) is 0 Å². The van der Waals surface area contributed by atoms with Crippen molar-refractivity contribution in [3.63, 3.8) is 0 Å². The second-order valence-electron chi connectivity index (χ2n) is 1.05. The molecule has 1 N–H and O–H groups in total. The highest BCUT2D eigenvalue weighted by molar-refractivity contribution is 7.33. The molecule has 0 aromatic rings. The fourth-order valence-corrected chi connectivity index (χ4v) is 0.636. The molecule has 4 nitrogen and oxygen atoms in total. The third kappa shape index (κ3) is 5.43. The van der Waals surface area contributed by atoms with Crippen LogP contribution in [0.25, 0.3) is 0 Å². The van der Waals surface area contributed by atoms with Crippen molar-refractivity contribution in [2.75, 3.05) is 6.61 Å². The number of hydroxylamine groups is 1. The van der Waals surface area contributed by atoms with Crippen LogP contribution in [-0.2, 0) is 13.7 Å². The van der Waals surface area contributed by atoms with E-state index in [1.165, 1.54) is 6.20 Å². The van der Waals surface area contributed by atoms with Gasteiger partial charge in [0.05, 0.1) is 0 Å². The van der Waals surface area contributed by atoms with Crippen LogP contribution < -0.4 is 5.48 Å². The zero-order valence-electron chi connectivity index (χ0n) is 5.16. The first-order valence-corrected chi connectivity index (χ1v) is 3.54. The van der Waals surface area contributed by atoms with E-state index in [9.17, 15) is 4.57 Å². The normalized spacial score (nSPS) is 10.6. The summed E-state index contributed by atoms with van der Waals surface area (Å²) in [5, 5.41) is 0. The number of rotatable bonds is 5. The zero-order valence-corrected chi connectivity index (χ0v) is 6.06. The second kappa shape index (κ2) is 5.69. The Balaban J connectivity index is 3.16. The smallest absolute Gasteiger partial charge is 0.223 e. The zero-order chi connectivity index (χ0) is 7.11. The molecule has 0 rings (SSSR count). The van der Waals surface area contributed by atoms with Gasteiger partial charge in [0.15, 0.2) is 0 Å². The maximum atomic E-state index is 10.4. The van der Waals surface area contributed by atoms with Crippen LogP contribution in [0.1, 0.15) is 6.92 Å². The Morgan fingerprint density at radius 2 is 2.56 bits per heavy atom. The van der Waals surface area contributed by atoms with Crippen LogP contribution in [0.5, 0.6) is 0 Å². The Labute approximate surface area is 54.8 Å². The van der Waals surface area contributed by atoms with Gasteiger partial charge in [-0.1, -0.05) is 6.58 Å². The first-order chi connectivity index (χ1) is 4.31. The Morgan fingerprint density at radius 3 is 3.00 bits per heavy atom. The minimum atomic E-state index is -2.02. The predicted molar refractivity (Wildman–Crippen MR) is 33.7 cm³/mol. The fourth-order valence-electron chi connectivity index (χ4n) is 0.212. The largest absolute Gasteiger partial charge is 0.721 e. The van der Waals surface area contributed by atoms with E-state index in [2.05, 4.69) is 21.2 Å². The summed E-state index contributed by atoms with van der Waals surface area (Å²) in [4.78, 5) is 0. The lowest BCUT2D eigenvalue weighted by Crippen LogP contribution is -1.98. The lowest BCUT2D eigenvalue weighted by molar-refractivity contribution is 0.191. The van der Waals surface area contributed by atoms with Gasteiger partial charge >= 0.3 is 8.25 Å². The lowest BCUT2D eigenvalue weighted by atomic mass is 10.9. The molecule has 5 heteroatoms. The quantitative estimate of drug-likeness (QED) is 0.474. The van der Waals surface area contributed by atoms with E-state index in [4.69, 9.17) is 0 Å². The van der Waals surface area contributed by atoms with E-state index in [0.717, 1.165) is 0 Å². The molecular weight excluding hydrogens is 141 g/mol. The predicted octanol–water partition coefficient (Wildman–Crippen LogP) is 1.34. The first kappa shape index (κ1) is 8.56. The van der Waals surface area contributed by atoms with Gasteiger partial charge in [0.1, 0.15) is 6.61 Å². The molecule has 0 radical (unpaired) electrons. The van der Waals surface area contributed by atoms with Crippen molar-refractivity contribution in [2.45, 2.75) is 6.92 Å². The molecule has 0 saturated carbocycles. The molecule has 0 saturated heterocycles.